The van der Waals surface area contributed by atoms with Crippen LogP contribution < -0.4 is 16.4 Å². The predicted molar refractivity (Wildman–Crippen MR) is 115 cm³/mol. The zero-order valence-electron chi connectivity index (χ0n) is 17.2. The number of hydrogen-bond acceptors (Lipinski definition) is 4. The molecule has 0 aliphatic heterocycles. The molecule has 0 spiro atoms. The first-order valence-corrected chi connectivity index (χ1v) is 11.5. The van der Waals surface area contributed by atoms with Crippen LogP contribution in [-0.4, -0.2) is 33.4 Å². The first kappa shape index (κ1) is 18.9. The molecule has 4 N–H and O–H groups in total. The molecule has 0 radical (unpaired) electrons. The van der Waals surface area contributed by atoms with Crippen molar-refractivity contribution in [3.63, 3.8) is 0 Å². The van der Waals surface area contributed by atoms with E-state index in [1.165, 1.54) is 50.6 Å². The van der Waals surface area contributed by atoms with E-state index >= 15 is 0 Å². The van der Waals surface area contributed by atoms with Gasteiger partial charge in [-0.3, -0.25) is 9.20 Å². The van der Waals surface area contributed by atoms with Gasteiger partial charge < -0.3 is 16.4 Å². The Kier molecular flexibility index (Phi) is 5.20. The van der Waals surface area contributed by atoms with Gasteiger partial charge in [0.05, 0.1) is 5.69 Å². The molecule has 1 amide bonds. The molecule has 29 heavy (non-hydrogen) atoms. The zero-order chi connectivity index (χ0) is 19.8. The van der Waals surface area contributed by atoms with Gasteiger partial charge in [-0.25, -0.2) is 4.98 Å². The van der Waals surface area contributed by atoms with Crippen LogP contribution in [0.25, 0.3) is 5.65 Å². The molecule has 156 valence electrons. The van der Waals surface area contributed by atoms with Crippen LogP contribution in [0.2, 0.25) is 0 Å². The van der Waals surface area contributed by atoms with Gasteiger partial charge in [0.25, 0.3) is 5.91 Å². The minimum atomic E-state index is 0.00531. The van der Waals surface area contributed by atoms with Crippen LogP contribution in [-0.2, 0) is 0 Å². The van der Waals surface area contributed by atoms with Crippen molar-refractivity contribution in [1.29, 1.82) is 0 Å². The van der Waals surface area contributed by atoms with Crippen LogP contribution in [0, 0.1) is 0 Å². The molecule has 5 rings (SSSR count). The van der Waals surface area contributed by atoms with E-state index in [0.717, 1.165) is 37.1 Å². The predicted octanol–water partition coefficient (Wildman–Crippen LogP) is 3.96. The summed E-state index contributed by atoms with van der Waals surface area (Å²) in [4.78, 5) is 17.7. The van der Waals surface area contributed by atoms with E-state index in [2.05, 4.69) is 15.0 Å². The number of carbonyl (C=O) groups excluding carboxylic acids is 1. The lowest BCUT2D eigenvalue weighted by Crippen LogP contribution is -2.40. The summed E-state index contributed by atoms with van der Waals surface area (Å²) in [5, 5.41) is 7.00. The van der Waals surface area contributed by atoms with Gasteiger partial charge in [0.1, 0.15) is 11.5 Å². The average Bonchev–Trinajstić information content (AvgIpc) is 3.53. The maximum Gasteiger partial charge on any atom is 0.251 e. The first-order valence-electron chi connectivity index (χ1n) is 11.5. The van der Waals surface area contributed by atoms with Crippen molar-refractivity contribution < 1.29 is 4.79 Å². The van der Waals surface area contributed by atoms with Gasteiger partial charge in [-0.05, 0) is 63.5 Å². The number of fused-ring (bicyclic) bond motifs is 1. The summed E-state index contributed by atoms with van der Waals surface area (Å²) in [7, 11) is 0. The van der Waals surface area contributed by atoms with Crippen molar-refractivity contribution >= 4 is 17.4 Å². The summed E-state index contributed by atoms with van der Waals surface area (Å²) >= 11 is 0. The second-order valence-corrected chi connectivity index (χ2v) is 9.33. The number of carbonyl (C=O) groups is 1. The molecule has 2 aromatic heterocycles. The Balaban J connectivity index is 1.36. The second kappa shape index (κ2) is 7.98. The van der Waals surface area contributed by atoms with Crippen molar-refractivity contribution in [2.75, 3.05) is 5.32 Å². The van der Waals surface area contributed by atoms with Crippen molar-refractivity contribution in [2.24, 2.45) is 5.73 Å². The normalized spacial score (nSPS) is 25.8. The van der Waals surface area contributed by atoms with Gasteiger partial charge in [0.15, 0.2) is 0 Å². The number of nitrogens with two attached hydrogens (primary N) is 1. The molecule has 6 heteroatoms. The molecule has 3 aliphatic carbocycles. The monoisotopic (exact) mass is 395 g/mol. The molecule has 3 fully saturated rings. The van der Waals surface area contributed by atoms with Crippen molar-refractivity contribution in [2.45, 2.75) is 94.7 Å². The van der Waals surface area contributed by atoms with Gasteiger partial charge in [-0.2, -0.15) is 0 Å². The fraction of sp³-hybridized carbons (Fsp3) is 0.652. The molecule has 2 aromatic rings. The lowest BCUT2D eigenvalue weighted by molar-refractivity contribution is 0.0926. The van der Waals surface area contributed by atoms with Gasteiger partial charge >= 0.3 is 0 Å². The Bertz CT molecular complexity index is 873. The Hall–Kier alpha value is -2.08. The summed E-state index contributed by atoms with van der Waals surface area (Å²) in [6, 6.07) is 4.95. The zero-order valence-corrected chi connectivity index (χ0v) is 17.2. The fourth-order valence-electron chi connectivity index (χ4n) is 4.96. The number of pyridine rings is 1. The average molecular weight is 396 g/mol. The molecule has 3 saturated carbocycles. The molecular formula is C23H33N5O. The van der Waals surface area contributed by atoms with E-state index < -0.39 is 0 Å². The molecule has 2 heterocycles. The van der Waals surface area contributed by atoms with E-state index in [9.17, 15) is 4.79 Å². The summed E-state index contributed by atoms with van der Waals surface area (Å²) < 4.78 is 2.15. The van der Waals surface area contributed by atoms with E-state index in [1.54, 1.807) is 0 Å². The van der Waals surface area contributed by atoms with Crippen LogP contribution in [0.4, 0.5) is 5.82 Å². The van der Waals surface area contributed by atoms with Crippen molar-refractivity contribution in [3.8, 4) is 0 Å². The van der Waals surface area contributed by atoms with E-state index in [0.29, 0.717) is 23.6 Å². The molecule has 6 nitrogen and oxygen atoms in total. The van der Waals surface area contributed by atoms with E-state index in [-0.39, 0.29) is 11.9 Å². The lowest BCUT2D eigenvalue weighted by Gasteiger charge is -2.26. The number of amides is 1. The highest BCUT2D eigenvalue weighted by molar-refractivity contribution is 5.95. The Morgan fingerprint density at radius 3 is 2.48 bits per heavy atom. The number of nitrogens with one attached hydrogen (secondary N) is 2. The summed E-state index contributed by atoms with van der Waals surface area (Å²) in [6.45, 7) is 0. The largest absolute Gasteiger partial charge is 0.367 e. The van der Waals surface area contributed by atoms with Crippen LogP contribution in [0.5, 0.6) is 0 Å². The standard InChI is InChI=1S/C23H33N5O/c24-17-8-10-19(11-9-17)26-23(29)16-12-13-28-20(14-16)27-21(15-6-7-15)22(28)25-18-4-2-1-3-5-18/h12-15,17-19,25H,1-11,24H2,(H,26,29). The third-order valence-electron chi connectivity index (χ3n) is 6.93. The van der Waals surface area contributed by atoms with Crippen LogP contribution in [0.3, 0.4) is 0 Å². The SMILES string of the molecule is NC1CCC(NC(=O)c2ccn3c(NC4CCCCC4)c(C4CC4)nc3c2)CC1. The lowest BCUT2D eigenvalue weighted by atomic mass is 9.91. The Morgan fingerprint density at radius 1 is 1.00 bits per heavy atom. The van der Waals surface area contributed by atoms with Gasteiger partial charge in [-0.1, -0.05) is 19.3 Å². The minimum Gasteiger partial charge on any atom is -0.367 e. The summed E-state index contributed by atoms with van der Waals surface area (Å²) in [5.41, 5.74) is 8.75. The van der Waals surface area contributed by atoms with E-state index in [4.69, 9.17) is 10.7 Å². The molecule has 0 saturated heterocycles. The number of imidazole rings is 1. The molecular weight excluding hydrogens is 362 g/mol. The third kappa shape index (κ3) is 4.13. The maximum absolute atomic E-state index is 12.8. The highest BCUT2D eigenvalue weighted by atomic mass is 16.1. The van der Waals surface area contributed by atoms with Gasteiger partial charge in [0.2, 0.25) is 0 Å². The third-order valence-corrected chi connectivity index (χ3v) is 6.93. The number of aromatic nitrogens is 2. The van der Waals surface area contributed by atoms with Gasteiger partial charge in [0, 0.05) is 35.8 Å². The quantitative estimate of drug-likeness (QED) is 0.715. The van der Waals surface area contributed by atoms with Crippen LogP contribution in [0.1, 0.15) is 92.6 Å². The van der Waals surface area contributed by atoms with Gasteiger partial charge in [-0.15, -0.1) is 0 Å². The highest BCUT2D eigenvalue weighted by Crippen LogP contribution is 2.43. The number of anilines is 1. The highest BCUT2D eigenvalue weighted by Gasteiger charge is 2.31. The smallest absolute Gasteiger partial charge is 0.251 e. The van der Waals surface area contributed by atoms with Crippen molar-refractivity contribution in [1.82, 2.24) is 14.7 Å². The topological polar surface area (TPSA) is 84.5 Å². The number of hydrogen-bond donors (Lipinski definition) is 3. The maximum atomic E-state index is 12.8. The molecule has 0 aromatic carbocycles. The second-order valence-electron chi connectivity index (χ2n) is 9.33. The van der Waals surface area contributed by atoms with Crippen LogP contribution >= 0.6 is 0 Å². The van der Waals surface area contributed by atoms with E-state index in [1.807, 2.05) is 18.3 Å². The Morgan fingerprint density at radius 2 is 1.76 bits per heavy atom. The van der Waals surface area contributed by atoms with Crippen LogP contribution in [0.15, 0.2) is 18.3 Å². The van der Waals surface area contributed by atoms with Crippen molar-refractivity contribution in [3.05, 3.63) is 29.6 Å². The fourth-order valence-corrected chi connectivity index (χ4v) is 4.96. The molecule has 0 bridgehead atoms. The summed E-state index contributed by atoms with van der Waals surface area (Å²) in [5.74, 6) is 1.73. The summed E-state index contributed by atoms with van der Waals surface area (Å²) in [6.07, 6.45) is 14.8. The molecule has 3 aliphatic rings. The first-order chi connectivity index (χ1) is 14.2. The molecule has 0 atom stereocenters. The Labute approximate surface area is 172 Å². The minimum absolute atomic E-state index is 0.00531. The number of rotatable bonds is 5. The molecule has 0 unspecified atom stereocenters. The number of nitrogens with zero attached hydrogens (tertiary/aromatic N) is 2.